The number of hydrogen-bond donors (Lipinski definition) is 1. The van der Waals surface area contributed by atoms with Crippen LogP contribution in [-0.2, 0) is 4.79 Å². The van der Waals surface area contributed by atoms with Crippen molar-refractivity contribution in [2.45, 2.75) is 6.42 Å². The zero-order valence-corrected chi connectivity index (χ0v) is 11.4. The Morgan fingerprint density at radius 1 is 1.44 bits per heavy atom. The molecule has 0 bridgehead atoms. The van der Waals surface area contributed by atoms with Crippen molar-refractivity contribution in [2.24, 2.45) is 0 Å². The number of nitriles is 1. The molecule has 1 N–H and O–H groups in total. The fourth-order valence-corrected chi connectivity index (χ4v) is 1.85. The normalized spacial score (nSPS) is 10.2. The fraction of sp³-hybridized carbons (Fsp3) is 0.333. The minimum Gasteiger partial charge on any atom is -0.322 e. The first-order chi connectivity index (χ1) is 8.54. The molecule has 1 rings (SSSR count). The van der Waals surface area contributed by atoms with Gasteiger partial charge in [-0.3, -0.25) is 9.69 Å². The number of carbonyl (C=O) groups excluding carboxylic acids is 1. The Labute approximate surface area is 116 Å². The molecule has 0 radical (unpaired) electrons. The molecule has 0 fully saturated rings. The average Bonchev–Trinajstić information content (AvgIpc) is 2.31. The minimum atomic E-state index is -0.217. The zero-order chi connectivity index (χ0) is 13.5. The molecule has 1 aromatic carbocycles. The molecule has 0 heterocycles. The molecule has 0 spiro atoms. The average molecular weight is 286 g/mol. The van der Waals surface area contributed by atoms with Crippen LogP contribution in [0.15, 0.2) is 18.2 Å². The summed E-state index contributed by atoms with van der Waals surface area (Å²) in [5, 5.41) is 11.9. The van der Waals surface area contributed by atoms with Crippen molar-refractivity contribution < 1.29 is 4.79 Å². The SMILES string of the molecule is CN(CCC#N)CC(=O)Nc1c(Cl)cccc1Cl. The zero-order valence-electron chi connectivity index (χ0n) is 9.91. The van der Waals surface area contributed by atoms with Crippen LogP contribution < -0.4 is 5.32 Å². The van der Waals surface area contributed by atoms with Crippen molar-refractivity contribution >= 4 is 34.8 Å². The molecule has 0 unspecified atom stereocenters. The number of para-hydroxylation sites is 1. The molecule has 4 nitrogen and oxygen atoms in total. The second-order valence-corrected chi connectivity index (χ2v) is 4.61. The molecular weight excluding hydrogens is 273 g/mol. The highest BCUT2D eigenvalue weighted by Crippen LogP contribution is 2.29. The van der Waals surface area contributed by atoms with E-state index in [-0.39, 0.29) is 12.5 Å². The summed E-state index contributed by atoms with van der Waals surface area (Å²) in [4.78, 5) is 13.5. The molecule has 0 aliphatic heterocycles. The molecule has 96 valence electrons. The van der Waals surface area contributed by atoms with Crippen molar-refractivity contribution in [3.05, 3.63) is 28.2 Å². The summed E-state index contributed by atoms with van der Waals surface area (Å²) in [6, 6.07) is 7.04. The van der Waals surface area contributed by atoms with E-state index in [1.165, 1.54) is 0 Å². The molecule has 0 saturated heterocycles. The summed E-state index contributed by atoms with van der Waals surface area (Å²) < 4.78 is 0. The van der Waals surface area contributed by atoms with Crippen LogP contribution in [0.5, 0.6) is 0 Å². The number of anilines is 1. The quantitative estimate of drug-likeness (QED) is 0.905. The standard InChI is InChI=1S/C12H13Cl2N3O/c1-17(7-3-6-15)8-11(18)16-12-9(13)4-2-5-10(12)14/h2,4-5H,3,7-8H2,1H3,(H,16,18). The van der Waals surface area contributed by atoms with Gasteiger partial charge < -0.3 is 5.32 Å². The lowest BCUT2D eigenvalue weighted by molar-refractivity contribution is -0.117. The molecule has 0 aromatic heterocycles. The van der Waals surface area contributed by atoms with Crippen LogP contribution in [0.3, 0.4) is 0 Å². The maximum atomic E-state index is 11.7. The highest BCUT2D eigenvalue weighted by atomic mass is 35.5. The first-order valence-corrected chi connectivity index (χ1v) is 6.09. The first kappa shape index (κ1) is 14.8. The van der Waals surface area contributed by atoms with Gasteiger partial charge >= 0.3 is 0 Å². The van der Waals surface area contributed by atoms with Crippen LogP contribution in [0, 0.1) is 11.3 Å². The van der Waals surface area contributed by atoms with E-state index in [9.17, 15) is 4.79 Å². The van der Waals surface area contributed by atoms with Crippen molar-refractivity contribution in [1.82, 2.24) is 4.90 Å². The molecule has 0 atom stereocenters. The van der Waals surface area contributed by atoms with Gasteiger partial charge in [-0.2, -0.15) is 5.26 Å². The smallest absolute Gasteiger partial charge is 0.238 e. The number of amides is 1. The highest BCUT2D eigenvalue weighted by Gasteiger charge is 2.11. The van der Waals surface area contributed by atoms with Crippen molar-refractivity contribution in [1.29, 1.82) is 5.26 Å². The maximum Gasteiger partial charge on any atom is 0.238 e. The van der Waals surface area contributed by atoms with Gasteiger partial charge in [0.15, 0.2) is 0 Å². The summed E-state index contributed by atoms with van der Waals surface area (Å²) in [5.41, 5.74) is 0.416. The Hall–Kier alpha value is -1.28. The molecule has 18 heavy (non-hydrogen) atoms. The molecule has 1 aromatic rings. The molecule has 1 amide bonds. The van der Waals surface area contributed by atoms with Gasteiger partial charge in [0.1, 0.15) is 0 Å². The van der Waals surface area contributed by atoms with Gasteiger partial charge in [0.05, 0.1) is 28.3 Å². The topological polar surface area (TPSA) is 56.1 Å². The Kier molecular flexibility index (Phi) is 5.93. The van der Waals surface area contributed by atoms with Crippen LogP contribution >= 0.6 is 23.2 Å². The summed E-state index contributed by atoms with van der Waals surface area (Å²) >= 11 is 11.9. The number of halogens is 2. The second kappa shape index (κ2) is 7.22. The third kappa shape index (κ3) is 4.53. The van der Waals surface area contributed by atoms with E-state index in [1.54, 1.807) is 30.1 Å². The van der Waals surface area contributed by atoms with Gasteiger partial charge in [0.2, 0.25) is 5.91 Å². The Bertz CT molecular complexity index is 451. The minimum absolute atomic E-state index is 0.184. The number of carbonyl (C=O) groups is 1. The van der Waals surface area contributed by atoms with Gasteiger partial charge in [-0.15, -0.1) is 0 Å². The summed E-state index contributed by atoms with van der Waals surface area (Å²) in [7, 11) is 1.77. The lowest BCUT2D eigenvalue weighted by Gasteiger charge is -2.15. The monoisotopic (exact) mass is 285 g/mol. The highest BCUT2D eigenvalue weighted by molar-refractivity contribution is 6.39. The number of hydrogen-bond acceptors (Lipinski definition) is 3. The molecule has 6 heteroatoms. The summed E-state index contributed by atoms with van der Waals surface area (Å²) in [5.74, 6) is -0.217. The van der Waals surface area contributed by atoms with E-state index in [0.29, 0.717) is 28.7 Å². The van der Waals surface area contributed by atoms with Gasteiger partial charge in [-0.1, -0.05) is 29.3 Å². The van der Waals surface area contributed by atoms with Gasteiger partial charge in [0.25, 0.3) is 0 Å². The Morgan fingerprint density at radius 3 is 2.61 bits per heavy atom. The molecule has 0 aliphatic carbocycles. The molecule has 0 saturated carbocycles. The second-order valence-electron chi connectivity index (χ2n) is 3.79. The lowest BCUT2D eigenvalue weighted by atomic mass is 10.3. The van der Waals surface area contributed by atoms with Crippen LogP contribution in [0.1, 0.15) is 6.42 Å². The lowest BCUT2D eigenvalue weighted by Crippen LogP contribution is -2.30. The van der Waals surface area contributed by atoms with E-state index < -0.39 is 0 Å². The number of nitrogens with zero attached hydrogens (tertiary/aromatic N) is 2. The number of rotatable bonds is 5. The number of likely N-dealkylation sites (N-methyl/N-ethyl adjacent to an activating group) is 1. The first-order valence-electron chi connectivity index (χ1n) is 5.34. The fourth-order valence-electron chi connectivity index (χ4n) is 1.36. The predicted molar refractivity (Wildman–Crippen MR) is 72.8 cm³/mol. The summed E-state index contributed by atoms with van der Waals surface area (Å²) in [6.45, 7) is 0.726. The van der Waals surface area contributed by atoms with E-state index in [2.05, 4.69) is 5.32 Å². The van der Waals surface area contributed by atoms with E-state index in [4.69, 9.17) is 28.5 Å². The van der Waals surface area contributed by atoms with E-state index in [1.807, 2.05) is 6.07 Å². The summed E-state index contributed by atoms with van der Waals surface area (Å²) in [6.07, 6.45) is 0.386. The molecule has 0 aliphatic rings. The number of benzene rings is 1. The van der Waals surface area contributed by atoms with Gasteiger partial charge in [-0.05, 0) is 19.2 Å². The van der Waals surface area contributed by atoms with Crippen LogP contribution in [0.25, 0.3) is 0 Å². The van der Waals surface area contributed by atoms with Crippen molar-refractivity contribution in [2.75, 3.05) is 25.5 Å². The van der Waals surface area contributed by atoms with E-state index in [0.717, 1.165) is 0 Å². The largest absolute Gasteiger partial charge is 0.322 e. The van der Waals surface area contributed by atoms with Crippen LogP contribution in [0.2, 0.25) is 10.0 Å². The number of nitrogens with one attached hydrogen (secondary N) is 1. The predicted octanol–water partition coefficient (Wildman–Crippen LogP) is 2.78. The van der Waals surface area contributed by atoms with Gasteiger partial charge in [0, 0.05) is 13.0 Å². The van der Waals surface area contributed by atoms with Crippen molar-refractivity contribution in [3.8, 4) is 6.07 Å². The van der Waals surface area contributed by atoms with E-state index >= 15 is 0 Å². The van der Waals surface area contributed by atoms with Gasteiger partial charge in [-0.25, -0.2) is 0 Å². The Morgan fingerprint density at radius 2 is 2.06 bits per heavy atom. The third-order valence-electron chi connectivity index (χ3n) is 2.25. The third-order valence-corrected chi connectivity index (χ3v) is 2.88. The van der Waals surface area contributed by atoms with Crippen molar-refractivity contribution in [3.63, 3.8) is 0 Å². The molecular formula is C12H13Cl2N3O. The maximum absolute atomic E-state index is 11.7. The van der Waals surface area contributed by atoms with Crippen LogP contribution in [0.4, 0.5) is 5.69 Å². The Balaban J connectivity index is 2.57. The van der Waals surface area contributed by atoms with Crippen LogP contribution in [-0.4, -0.2) is 30.9 Å².